The molecule has 0 amide bonds. The zero-order valence-electron chi connectivity index (χ0n) is 24.6. The van der Waals surface area contributed by atoms with Gasteiger partial charge in [-0.2, -0.15) is 0 Å². The van der Waals surface area contributed by atoms with E-state index >= 15 is 0 Å². The lowest BCUT2D eigenvalue weighted by molar-refractivity contribution is 0.970. The molecule has 45 heavy (non-hydrogen) atoms. The number of rotatable bonds is 3. The molecule has 212 valence electrons. The highest BCUT2D eigenvalue weighted by Crippen LogP contribution is 2.42. The fraction of sp³-hybridized carbons (Fsp3) is 0.0476. The maximum absolute atomic E-state index is 2.51. The van der Waals surface area contributed by atoms with Crippen LogP contribution in [0.2, 0.25) is 0 Å². The summed E-state index contributed by atoms with van der Waals surface area (Å²) in [7, 11) is 0. The molecule has 3 heterocycles. The zero-order chi connectivity index (χ0) is 29.5. The van der Waals surface area contributed by atoms with Gasteiger partial charge in [-0.1, -0.05) is 84.9 Å². The molecule has 0 radical (unpaired) electrons. The van der Waals surface area contributed by atoms with Crippen molar-refractivity contribution in [3.8, 4) is 22.5 Å². The Hall–Kier alpha value is -5.38. The first-order valence-electron chi connectivity index (χ1n) is 15.7. The van der Waals surface area contributed by atoms with Crippen molar-refractivity contribution in [3.05, 3.63) is 151 Å². The lowest BCUT2D eigenvalue weighted by Gasteiger charge is -2.13. The molecule has 0 unspecified atom stereocenters. The van der Waals surface area contributed by atoms with E-state index in [-0.39, 0.29) is 0 Å². The van der Waals surface area contributed by atoms with Gasteiger partial charge in [0.2, 0.25) is 0 Å². The molecule has 1 aliphatic rings. The normalized spacial score (nSPS) is 13.1. The Balaban J connectivity index is 1.19. The maximum Gasteiger partial charge on any atom is 0.0640 e. The number of para-hydroxylation sites is 2. The molecule has 2 nitrogen and oxygen atoms in total. The number of benzene rings is 6. The Kier molecular flexibility index (Phi) is 5.31. The predicted octanol–water partition coefficient (Wildman–Crippen LogP) is 11.7. The monoisotopic (exact) mass is 592 g/mol. The molecule has 0 atom stereocenters. The minimum Gasteiger partial charge on any atom is -0.309 e. The van der Waals surface area contributed by atoms with E-state index in [0.717, 1.165) is 12.8 Å². The summed E-state index contributed by atoms with van der Waals surface area (Å²) >= 11 is 1.90. The largest absolute Gasteiger partial charge is 0.309 e. The van der Waals surface area contributed by atoms with E-state index in [9.17, 15) is 0 Å². The van der Waals surface area contributed by atoms with Gasteiger partial charge in [-0.25, -0.2) is 0 Å². The highest BCUT2D eigenvalue weighted by molar-refractivity contribution is 7.26. The molecule has 9 aromatic rings. The van der Waals surface area contributed by atoms with Gasteiger partial charge in [0.1, 0.15) is 0 Å². The molecule has 0 spiro atoms. The smallest absolute Gasteiger partial charge is 0.0640 e. The highest BCUT2D eigenvalue weighted by Gasteiger charge is 2.22. The third-order valence-electron chi connectivity index (χ3n) is 9.59. The molecule has 0 aliphatic heterocycles. The van der Waals surface area contributed by atoms with E-state index in [0.29, 0.717) is 0 Å². The van der Waals surface area contributed by atoms with Gasteiger partial charge in [0.25, 0.3) is 0 Å². The minimum absolute atomic E-state index is 1.06. The van der Waals surface area contributed by atoms with Gasteiger partial charge in [0.15, 0.2) is 0 Å². The number of aromatic nitrogens is 2. The van der Waals surface area contributed by atoms with E-state index < -0.39 is 0 Å². The number of hydrogen-bond acceptors (Lipinski definition) is 1. The lowest BCUT2D eigenvalue weighted by atomic mass is 9.97. The average molecular weight is 593 g/mol. The second-order valence-corrected chi connectivity index (χ2v) is 13.1. The van der Waals surface area contributed by atoms with Crippen LogP contribution < -0.4 is 0 Å². The summed E-state index contributed by atoms with van der Waals surface area (Å²) in [5.74, 6) is 0. The number of allylic oxidation sites excluding steroid dienone is 1. The summed E-state index contributed by atoms with van der Waals surface area (Å²) in [4.78, 5) is 0. The van der Waals surface area contributed by atoms with Gasteiger partial charge >= 0.3 is 0 Å². The number of aryl methyl sites for hydroxylation is 1. The van der Waals surface area contributed by atoms with Crippen molar-refractivity contribution in [1.82, 2.24) is 9.13 Å². The molecule has 0 saturated carbocycles. The Morgan fingerprint density at radius 1 is 0.511 bits per heavy atom. The van der Waals surface area contributed by atoms with Crippen molar-refractivity contribution < 1.29 is 0 Å². The van der Waals surface area contributed by atoms with Crippen LogP contribution in [-0.4, -0.2) is 9.13 Å². The molecular formula is C42H28N2S. The van der Waals surface area contributed by atoms with Gasteiger partial charge in [-0.15, -0.1) is 11.3 Å². The Morgan fingerprint density at radius 3 is 2.07 bits per heavy atom. The summed E-state index contributed by atoms with van der Waals surface area (Å²) in [6.07, 6.45) is 6.81. The molecule has 3 heteroatoms. The molecule has 6 aromatic carbocycles. The van der Waals surface area contributed by atoms with Gasteiger partial charge < -0.3 is 9.13 Å². The van der Waals surface area contributed by atoms with Crippen LogP contribution in [0, 0.1) is 0 Å². The molecule has 3 aromatic heterocycles. The summed E-state index contributed by atoms with van der Waals surface area (Å²) in [6.45, 7) is 0. The standard InChI is InChI=1S/C42H28N2S/c1-2-11-29(12-3-1)43-36-17-7-4-13-30(36)34-25-27(21-23-38(34)43)28-22-24-39-35(26-28)31-14-5-8-18-37(31)44(39)40-19-10-16-33-32-15-6-9-20-41(32)45-42(33)40/h1-4,6-13,15-26H,5,14H2. The molecule has 0 saturated heterocycles. The Labute approximate surface area is 264 Å². The summed E-state index contributed by atoms with van der Waals surface area (Å²) in [5, 5.41) is 6.60. The van der Waals surface area contributed by atoms with Crippen molar-refractivity contribution >= 4 is 70.3 Å². The van der Waals surface area contributed by atoms with Crippen LogP contribution in [0.5, 0.6) is 0 Å². The van der Waals surface area contributed by atoms with Crippen molar-refractivity contribution in [1.29, 1.82) is 0 Å². The second kappa shape index (κ2) is 9.56. The van der Waals surface area contributed by atoms with Gasteiger partial charge in [-0.3, -0.25) is 0 Å². The SMILES string of the molecule is C1=Cc2c(c3cc(-c4ccc5c(c4)c4ccccc4n5-c4ccccc4)ccc3n2-c2cccc3c2sc2ccccc23)CC1. The number of fused-ring (bicyclic) bond motifs is 9. The fourth-order valence-electron chi connectivity index (χ4n) is 7.59. The molecular weight excluding hydrogens is 565 g/mol. The first-order chi connectivity index (χ1) is 22.3. The van der Waals surface area contributed by atoms with E-state index in [4.69, 9.17) is 0 Å². The number of thiophene rings is 1. The number of hydrogen-bond donors (Lipinski definition) is 0. The summed E-state index contributed by atoms with van der Waals surface area (Å²) in [5.41, 5.74) is 11.5. The van der Waals surface area contributed by atoms with Crippen LogP contribution in [0.25, 0.3) is 81.5 Å². The van der Waals surface area contributed by atoms with Crippen LogP contribution >= 0.6 is 11.3 Å². The van der Waals surface area contributed by atoms with Crippen LogP contribution in [0.1, 0.15) is 17.7 Å². The van der Waals surface area contributed by atoms with E-state index in [1.54, 1.807) is 0 Å². The topological polar surface area (TPSA) is 9.86 Å². The fourth-order valence-corrected chi connectivity index (χ4v) is 8.80. The van der Waals surface area contributed by atoms with Crippen molar-refractivity contribution in [3.63, 3.8) is 0 Å². The van der Waals surface area contributed by atoms with Crippen molar-refractivity contribution in [2.75, 3.05) is 0 Å². The van der Waals surface area contributed by atoms with Crippen LogP contribution in [0.4, 0.5) is 0 Å². The third kappa shape index (κ3) is 3.62. The Bertz CT molecular complexity index is 2650. The van der Waals surface area contributed by atoms with Crippen molar-refractivity contribution in [2.45, 2.75) is 12.8 Å². The first kappa shape index (κ1) is 25.0. The van der Waals surface area contributed by atoms with E-state index in [1.165, 1.54) is 86.6 Å². The van der Waals surface area contributed by atoms with E-state index in [1.807, 2.05) is 11.3 Å². The lowest BCUT2D eigenvalue weighted by Crippen LogP contribution is -2.00. The van der Waals surface area contributed by atoms with Crippen LogP contribution in [-0.2, 0) is 6.42 Å². The second-order valence-electron chi connectivity index (χ2n) is 12.0. The Morgan fingerprint density at radius 2 is 1.20 bits per heavy atom. The molecule has 0 N–H and O–H groups in total. The first-order valence-corrected chi connectivity index (χ1v) is 16.5. The van der Waals surface area contributed by atoms with E-state index in [2.05, 4.69) is 155 Å². The van der Waals surface area contributed by atoms with Gasteiger partial charge in [0.05, 0.1) is 26.9 Å². The quantitative estimate of drug-likeness (QED) is 0.193. The van der Waals surface area contributed by atoms with Crippen LogP contribution in [0.15, 0.2) is 140 Å². The molecule has 1 aliphatic carbocycles. The van der Waals surface area contributed by atoms with Gasteiger partial charge in [0, 0.05) is 43.0 Å². The van der Waals surface area contributed by atoms with Gasteiger partial charge in [-0.05, 0) is 90.2 Å². The highest BCUT2D eigenvalue weighted by atomic mass is 32.1. The van der Waals surface area contributed by atoms with Crippen LogP contribution in [0.3, 0.4) is 0 Å². The zero-order valence-corrected chi connectivity index (χ0v) is 25.4. The van der Waals surface area contributed by atoms with Crippen molar-refractivity contribution in [2.24, 2.45) is 0 Å². The molecule has 0 fully saturated rings. The summed E-state index contributed by atoms with van der Waals surface area (Å²) < 4.78 is 7.59. The molecule has 10 rings (SSSR count). The molecule has 0 bridgehead atoms. The predicted molar refractivity (Wildman–Crippen MR) is 193 cm³/mol. The average Bonchev–Trinajstić information content (AvgIpc) is 3.76. The minimum atomic E-state index is 1.06. The maximum atomic E-state index is 2.51. The number of nitrogens with zero attached hydrogens (tertiary/aromatic N) is 2. The third-order valence-corrected chi connectivity index (χ3v) is 10.8. The summed E-state index contributed by atoms with van der Waals surface area (Å²) in [6, 6.07) is 49.1.